The highest BCUT2D eigenvalue weighted by molar-refractivity contribution is 5.37. The van der Waals surface area contributed by atoms with Crippen molar-refractivity contribution in [3.8, 4) is 0 Å². The largest absolute Gasteiger partial charge is 0.313 e. The van der Waals surface area contributed by atoms with Crippen molar-refractivity contribution in [2.45, 2.75) is 31.7 Å². The molecule has 0 aromatic carbocycles. The summed E-state index contributed by atoms with van der Waals surface area (Å²) in [6, 6.07) is 0. The van der Waals surface area contributed by atoms with Gasteiger partial charge in [0.05, 0.1) is 0 Å². The topological polar surface area (TPSA) is 12.0 Å². The zero-order valence-electron chi connectivity index (χ0n) is 6.78. The highest BCUT2D eigenvalue weighted by Crippen LogP contribution is 2.82. The van der Waals surface area contributed by atoms with Gasteiger partial charge in [-0.05, 0) is 43.6 Å². The lowest BCUT2D eigenvalue weighted by molar-refractivity contribution is -0.0567. The maximum absolute atomic E-state index is 3.52. The van der Waals surface area contributed by atoms with Gasteiger partial charge in [-0.2, -0.15) is 0 Å². The van der Waals surface area contributed by atoms with Gasteiger partial charge in [-0.1, -0.05) is 6.92 Å². The second kappa shape index (κ2) is 1.18. The summed E-state index contributed by atoms with van der Waals surface area (Å²) >= 11 is 0. The van der Waals surface area contributed by atoms with Crippen molar-refractivity contribution in [2.24, 2.45) is 17.3 Å². The molecule has 0 bridgehead atoms. The van der Waals surface area contributed by atoms with Gasteiger partial charge in [-0.25, -0.2) is 0 Å². The normalized spacial score (nSPS) is 69.0. The molecule has 3 fully saturated rings. The lowest BCUT2D eigenvalue weighted by atomic mass is 9.50. The van der Waals surface area contributed by atoms with Crippen LogP contribution < -0.4 is 5.32 Å². The van der Waals surface area contributed by atoms with E-state index in [1.165, 1.54) is 19.3 Å². The van der Waals surface area contributed by atoms with Crippen molar-refractivity contribution in [3.63, 3.8) is 0 Å². The monoisotopic (exact) mass is 137 g/mol. The minimum absolute atomic E-state index is 0.635. The predicted octanol–water partition coefficient (Wildman–Crippen LogP) is 1.39. The van der Waals surface area contributed by atoms with E-state index >= 15 is 0 Å². The first-order valence-electron chi connectivity index (χ1n) is 4.43. The predicted molar refractivity (Wildman–Crippen MR) is 40.7 cm³/mol. The van der Waals surface area contributed by atoms with E-state index in [9.17, 15) is 0 Å². The fourth-order valence-corrected chi connectivity index (χ4v) is 3.87. The van der Waals surface area contributed by atoms with Gasteiger partial charge in [0.1, 0.15) is 0 Å². The van der Waals surface area contributed by atoms with E-state index in [0.717, 1.165) is 17.3 Å². The number of fused-ring (bicyclic) bond motifs is 4. The van der Waals surface area contributed by atoms with Crippen molar-refractivity contribution in [2.75, 3.05) is 7.05 Å². The summed E-state index contributed by atoms with van der Waals surface area (Å²) in [4.78, 5) is 0. The minimum atomic E-state index is 0.635. The molecule has 3 aliphatic rings. The van der Waals surface area contributed by atoms with Crippen molar-refractivity contribution in [1.29, 1.82) is 0 Å². The fraction of sp³-hybridized carbons (Fsp3) is 1.00. The standard InChI is InChI=1S/C9H15N/c1-8-5-9(8,10-2)7-4-3-6(7)8/h6-7,10H,3-5H2,1-2H3/t6-,7?,8?,9-/m0/s1. The van der Waals surface area contributed by atoms with E-state index in [1.54, 1.807) is 0 Å². The Kier molecular flexibility index (Phi) is 0.658. The van der Waals surface area contributed by atoms with Crippen LogP contribution in [0.1, 0.15) is 26.2 Å². The minimum Gasteiger partial charge on any atom is -0.313 e. The van der Waals surface area contributed by atoms with E-state index < -0.39 is 0 Å². The molecular formula is C9H15N. The first-order chi connectivity index (χ1) is 4.74. The maximum atomic E-state index is 3.52. The van der Waals surface area contributed by atoms with E-state index in [1.807, 2.05) is 0 Å². The Balaban J connectivity index is 1.95. The van der Waals surface area contributed by atoms with Crippen molar-refractivity contribution in [1.82, 2.24) is 5.32 Å². The number of rotatable bonds is 1. The Bertz CT molecular complexity index is 201. The van der Waals surface area contributed by atoms with Gasteiger partial charge in [-0.3, -0.25) is 0 Å². The Morgan fingerprint density at radius 1 is 1.30 bits per heavy atom. The second-order valence-electron chi connectivity index (χ2n) is 4.61. The van der Waals surface area contributed by atoms with Gasteiger partial charge in [-0.15, -0.1) is 0 Å². The first kappa shape index (κ1) is 5.59. The maximum Gasteiger partial charge on any atom is 0.0272 e. The molecule has 0 aliphatic heterocycles. The zero-order valence-corrected chi connectivity index (χ0v) is 6.78. The zero-order chi connectivity index (χ0) is 6.98. The van der Waals surface area contributed by atoms with E-state index in [2.05, 4.69) is 19.3 Å². The molecule has 10 heavy (non-hydrogen) atoms. The average molecular weight is 137 g/mol. The third kappa shape index (κ3) is 0.282. The Morgan fingerprint density at radius 2 is 2.00 bits per heavy atom. The van der Waals surface area contributed by atoms with Gasteiger partial charge in [0.25, 0.3) is 0 Å². The van der Waals surface area contributed by atoms with Crippen molar-refractivity contribution < 1.29 is 0 Å². The van der Waals surface area contributed by atoms with E-state index in [-0.39, 0.29) is 0 Å². The van der Waals surface area contributed by atoms with Crippen LogP contribution in [-0.2, 0) is 0 Å². The van der Waals surface area contributed by atoms with Crippen LogP contribution in [0.5, 0.6) is 0 Å². The van der Waals surface area contributed by atoms with Crippen LogP contribution in [0.25, 0.3) is 0 Å². The van der Waals surface area contributed by atoms with Crippen LogP contribution in [0.15, 0.2) is 0 Å². The number of hydrogen-bond acceptors (Lipinski definition) is 1. The quantitative estimate of drug-likeness (QED) is 0.576. The van der Waals surface area contributed by atoms with Crippen LogP contribution in [0.2, 0.25) is 0 Å². The fourth-order valence-electron chi connectivity index (χ4n) is 3.87. The van der Waals surface area contributed by atoms with Crippen LogP contribution in [0.4, 0.5) is 0 Å². The highest BCUT2D eigenvalue weighted by atomic mass is 15.1. The van der Waals surface area contributed by atoms with Gasteiger partial charge in [0.2, 0.25) is 0 Å². The van der Waals surface area contributed by atoms with Gasteiger partial charge in [0, 0.05) is 5.54 Å². The van der Waals surface area contributed by atoms with Gasteiger partial charge < -0.3 is 5.32 Å². The molecule has 3 rings (SSSR count). The van der Waals surface area contributed by atoms with E-state index in [4.69, 9.17) is 0 Å². The molecule has 0 heterocycles. The third-order valence-electron chi connectivity index (χ3n) is 4.71. The summed E-state index contributed by atoms with van der Waals surface area (Å²) in [5.41, 5.74) is 1.38. The van der Waals surface area contributed by atoms with Crippen LogP contribution in [0, 0.1) is 17.3 Å². The van der Waals surface area contributed by atoms with Gasteiger partial charge >= 0.3 is 0 Å². The summed E-state index contributed by atoms with van der Waals surface area (Å²) < 4.78 is 0. The van der Waals surface area contributed by atoms with Crippen LogP contribution >= 0.6 is 0 Å². The molecule has 0 saturated heterocycles. The molecule has 56 valence electrons. The Hall–Kier alpha value is -0.0400. The summed E-state index contributed by atoms with van der Waals surface area (Å²) in [6.07, 6.45) is 4.48. The summed E-state index contributed by atoms with van der Waals surface area (Å²) in [7, 11) is 2.14. The summed E-state index contributed by atoms with van der Waals surface area (Å²) in [5.74, 6) is 2.18. The lowest BCUT2D eigenvalue weighted by Crippen LogP contribution is -2.61. The molecule has 0 aromatic rings. The molecule has 1 heteroatoms. The van der Waals surface area contributed by atoms with Crippen molar-refractivity contribution >= 4 is 0 Å². The molecule has 4 atom stereocenters. The van der Waals surface area contributed by atoms with Crippen LogP contribution in [0.3, 0.4) is 0 Å². The summed E-state index contributed by atoms with van der Waals surface area (Å²) in [6.45, 7) is 2.46. The number of hydrogen-bond donors (Lipinski definition) is 1. The lowest BCUT2D eigenvalue weighted by Gasteiger charge is -2.57. The second-order valence-corrected chi connectivity index (χ2v) is 4.61. The first-order valence-corrected chi connectivity index (χ1v) is 4.43. The Morgan fingerprint density at radius 3 is 2.30 bits per heavy atom. The SMILES string of the molecule is CN[C@]12CC1(C)[C@H]1CCC12. The highest BCUT2D eigenvalue weighted by Gasteiger charge is 2.83. The molecule has 3 aliphatic carbocycles. The van der Waals surface area contributed by atoms with E-state index in [0.29, 0.717) is 5.54 Å². The summed E-state index contributed by atoms with van der Waals surface area (Å²) in [5, 5.41) is 3.52. The van der Waals surface area contributed by atoms with Crippen molar-refractivity contribution in [3.05, 3.63) is 0 Å². The van der Waals surface area contributed by atoms with Gasteiger partial charge in [0.15, 0.2) is 0 Å². The third-order valence-corrected chi connectivity index (χ3v) is 4.71. The molecule has 0 amide bonds. The molecule has 3 saturated carbocycles. The molecule has 0 spiro atoms. The smallest absolute Gasteiger partial charge is 0.0272 e. The Labute approximate surface area is 62.2 Å². The van der Waals surface area contributed by atoms with Crippen LogP contribution in [-0.4, -0.2) is 12.6 Å². The molecular weight excluding hydrogens is 122 g/mol. The molecule has 1 N–H and O–H groups in total. The number of nitrogens with one attached hydrogen (secondary N) is 1. The molecule has 0 aromatic heterocycles. The molecule has 0 radical (unpaired) electrons. The molecule has 1 nitrogen and oxygen atoms in total. The average Bonchev–Trinajstić information content (AvgIpc) is 2.31. The molecule has 2 unspecified atom stereocenters.